The predicted octanol–water partition coefficient (Wildman–Crippen LogP) is 1.71. The number of aromatic amines is 1. The maximum atomic E-state index is 11.9. The van der Waals surface area contributed by atoms with Crippen molar-refractivity contribution >= 4 is 33.5 Å². The number of aromatic nitrogens is 4. The van der Waals surface area contributed by atoms with Crippen molar-refractivity contribution in [1.29, 1.82) is 0 Å². The van der Waals surface area contributed by atoms with Gasteiger partial charge in [-0.15, -0.1) is 0 Å². The van der Waals surface area contributed by atoms with Crippen molar-refractivity contribution in [3.05, 3.63) is 50.6 Å². The highest BCUT2D eigenvalue weighted by atomic mass is 127. The fourth-order valence-electron chi connectivity index (χ4n) is 1.60. The zero-order valence-electron chi connectivity index (χ0n) is 8.59. The number of hydrogen-bond acceptors (Lipinski definition) is 3. The zero-order chi connectivity index (χ0) is 11.8. The number of rotatable bonds is 1. The maximum Gasteiger partial charge on any atom is 0.260 e. The second kappa shape index (κ2) is 3.95. The van der Waals surface area contributed by atoms with Gasteiger partial charge in [-0.05, 0) is 46.9 Å². The van der Waals surface area contributed by atoms with Gasteiger partial charge >= 0.3 is 0 Å². The third-order valence-electron chi connectivity index (χ3n) is 2.38. The Hall–Kier alpha value is -1.70. The van der Waals surface area contributed by atoms with E-state index in [1.807, 2.05) is 18.2 Å². The Morgan fingerprint density at radius 2 is 2.24 bits per heavy atom. The molecule has 0 fully saturated rings. The van der Waals surface area contributed by atoms with E-state index in [9.17, 15) is 4.79 Å². The van der Waals surface area contributed by atoms with Gasteiger partial charge in [-0.1, -0.05) is 0 Å². The summed E-state index contributed by atoms with van der Waals surface area (Å²) in [5.74, 6) is 0.425. The maximum absolute atomic E-state index is 11.9. The smallest absolute Gasteiger partial charge is 0.260 e. The van der Waals surface area contributed by atoms with Crippen LogP contribution in [-0.2, 0) is 0 Å². The lowest BCUT2D eigenvalue weighted by molar-refractivity contribution is 0.810. The van der Waals surface area contributed by atoms with E-state index in [0.717, 1.165) is 3.57 Å². The van der Waals surface area contributed by atoms with Gasteiger partial charge in [0.05, 0.1) is 10.9 Å². The minimum atomic E-state index is -0.154. The van der Waals surface area contributed by atoms with Crippen LogP contribution in [0.25, 0.3) is 16.9 Å². The van der Waals surface area contributed by atoms with Gasteiger partial charge in [-0.3, -0.25) is 9.78 Å². The topological polar surface area (TPSA) is 63.6 Å². The highest BCUT2D eigenvalue weighted by Crippen LogP contribution is 2.12. The van der Waals surface area contributed by atoms with E-state index in [2.05, 4.69) is 37.7 Å². The largest absolute Gasteiger partial charge is 0.290 e. The van der Waals surface area contributed by atoms with Crippen LogP contribution >= 0.6 is 22.6 Å². The molecule has 1 aromatic carbocycles. The summed E-state index contributed by atoms with van der Waals surface area (Å²) >= 11 is 2.17. The van der Waals surface area contributed by atoms with Gasteiger partial charge in [0.15, 0.2) is 0 Å². The predicted molar refractivity (Wildman–Crippen MR) is 72.2 cm³/mol. The van der Waals surface area contributed by atoms with Gasteiger partial charge < -0.3 is 0 Å². The molecule has 1 N–H and O–H groups in total. The first-order chi connectivity index (χ1) is 8.24. The van der Waals surface area contributed by atoms with Crippen LogP contribution in [0.1, 0.15) is 0 Å². The quantitative estimate of drug-likeness (QED) is 0.687. The van der Waals surface area contributed by atoms with E-state index in [0.29, 0.717) is 16.9 Å². The van der Waals surface area contributed by atoms with Gasteiger partial charge in [0, 0.05) is 16.0 Å². The molecule has 2 aromatic heterocycles. The summed E-state index contributed by atoms with van der Waals surface area (Å²) in [6, 6.07) is 7.34. The van der Waals surface area contributed by atoms with Crippen LogP contribution in [0.3, 0.4) is 0 Å². The fraction of sp³-hybridized carbons (Fsp3) is 0. The minimum absolute atomic E-state index is 0.154. The SMILES string of the molecule is O=c1[nH]c(-n2cccn2)nc2ccc(I)cc12. The summed E-state index contributed by atoms with van der Waals surface area (Å²) in [5, 5.41) is 4.63. The summed E-state index contributed by atoms with van der Waals surface area (Å²) < 4.78 is 2.54. The second-order valence-corrected chi connectivity index (χ2v) is 4.75. The van der Waals surface area contributed by atoms with Crippen LogP contribution in [-0.4, -0.2) is 19.7 Å². The summed E-state index contributed by atoms with van der Waals surface area (Å²) in [4.78, 5) is 19.0. The average molecular weight is 338 g/mol. The Bertz CT molecular complexity index is 733. The summed E-state index contributed by atoms with van der Waals surface area (Å²) in [6.07, 6.45) is 3.37. The molecular formula is C11H7IN4O. The van der Waals surface area contributed by atoms with Crippen molar-refractivity contribution in [2.75, 3.05) is 0 Å². The molecule has 17 heavy (non-hydrogen) atoms. The molecule has 0 saturated heterocycles. The van der Waals surface area contributed by atoms with Crippen molar-refractivity contribution in [2.24, 2.45) is 0 Å². The van der Waals surface area contributed by atoms with Gasteiger partial charge in [0.25, 0.3) is 5.56 Å². The van der Waals surface area contributed by atoms with Crippen LogP contribution in [0.15, 0.2) is 41.5 Å². The first-order valence-corrected chi connectivity index (χ1v) is 6.01. The van der Waals surface area contributed by atoms with E-state index >= 15 is 0 Å². The van der Waals surface area contributed by atoms with Crippen molar-refractivity contribution in [3.63, 3.8) is 0 Å². The lowest BCUT2D eigenvalue weighted by Crippen LogP contribution is -2.13. The van der Waals surface area contributed by atoms with Crippen molar-refractivity contribution in [3.8, 4) is 5.95 Å². The zero-order valence-corrected chi connectivity index (χ0v) is 10.7. The average Bonchev–Trinajstić information content (AvgIpc) is 2.83. The molecule has 5 nitrogen and oxygen atoms in total. The van der Waals surface area contributed by atoms with E-state index in [-0.39, 0.29) is 5.56 Å². The highest BCUT2D eigenvalue weighted by molar-refractivity contribution is 14.1. The molecule has 0 aliphatic rings. The third-order valence-corrected chi connectivity index (χ3v) is 3.05. The monoisotopic (exact) mass is 338 g/mol. The molecule has 0 bridgehead atoms. The van der Waals surface area contributed by atoms with Gasteiger partial charge in [-0.2, -0.15) is 5.10 Å². The molecule has 0 aliphatic carbocycles. The number of benzene rings is 1. The third kappa shape index (κ3) is 1.84. The minimum Gasteiger partial charge on any atom is -0.290 e. The number of fused-ring (bicyclic) bond motifs is 1. The lowest BCUT2D eigenvalue weighted by atomic mass is 10.2. The first-order valence-electron chi connectivity index (χ1n) is 4.94. The number of nitrogens with one attached hydrogen (secondary N) is 1. The van der Waals surface area contributed by atoms with Crippen LogP contribution in [0.5, 0.6) is 0 Å². The number of H-pyrrole nitrogens is 1. The standard InChI is InChI=1S/C11H7IN4O/c12-7-2-3-9-8(6-7)10(17)15-11(14-9)16-5-1-4-13-16/h1-6H,(H,14,15,17). The van der Waals surface area contributed by atoms with Crippen molar-refractivity contribution in [2.45, 2.75) is 0 Å². The number of halogens is 1. The van der Waals surface area contributed by atoms with Crippen LogP contribution in [0, 0.1) is 3.57 Å². The molecular weight excluding hydrogens is 331 g/mol. The molecule has 3 aromatic rings. The number of nitrogens with zero attached hydrogens (tertiary/aromatic N) is 3. The van der Waals surface area contributed by atoms with Crippen LogP contribution in [0.2, 0.25) is 0 Å². The number of hydrogen-bond donors (Lipinski definition) is 1. The molecule has 2 heterocycles. The Morgan fingerprint density at radius 3 is 3.00 bits per heavy atom. The Kier molecular flexibility index (Phi) is 2.43. The normalized spacial score (nSPS) is 10.9. The molecule has 6 heteroatoms. The van der Waals surface area contributed by atoms with E-state index < -0.39 is 0 Å². The molecule has 0 radical (unpaired) electrons. The van der Waals surface area contributed by atoms with Crippen molar-refractivity contribution < 1.29 is 0 Å². The summed E-state index contributed by atoms with van der Waals surface area (Å²) in [5.41, 5.74) is 0.513. The fourth-order valence-corrected chi connectivity index (χ4v) is 2.09. The van der Waals surface area contributed by atoms with Crippen LogP contribution < -0.4 is 5.56 Å². The first kappa shape index (κ1) is 10.5. The molecule has 0 unspecified atom stereocenters. The van der Waals surface area contributed by atoms with Gasteiger partial charge in [-0.25, -0.2) is 9.67 Å². The van der Waals surface area contributed by atoms with E-state index in [1.54, 1.807) is 18.5 Å². The Labute approximate surface area is 110 Å². The molecule has 0 aliphatic heterocycles. The second-order valence-electron chi connectivity index (χ2n) is 3.50. The van der Waals surface area contributed by atoms with E-state index in [1.165, 1.54) is 4.68 Å². The van der Waals surface area contributed by atoms with Crippen LogP contribution in [0.4, 0.5) is 0 Å². The lowest BCUT2D eigenvalue weighted by Gasteiger charge is -2.02. The molecule has 3 rings (SSSR count). The van der Waals surface area contributed by atoms with Crippen molar-refractivity contribution in [1.82, 2.24) is 19.7 Å². The van der Waals surface area contributed by atoms with Gasteiger partial charge in [0.2, 0.25) is 5.95 Å². The highest BCUT2D eigenvalue weighted by Gasteiger charge is 2.05. The molecule has 0 saturated carbocycles. The molecule has 0 amide bonds. The Morgan fingerprint density at radius 1 is 1.35 bits per heavy atom. The molecule has 0 atom stereocenters. The summed E-state index contributed by atoms with van der Waals surface area (Å²) in [6.45, 7) is 0. The Balaban J connectivity index is 2.32. The molecule has 0 spiro atoms. The van der Waals surface area contributed by atoms with E-state index in [4.69, 9.17) is 0 Å². The van der Waals surface area contributed by atoms with Gasteiger partial charge in [0.1, 0.15) is 0 Å². The molecule has 84 valence electrons. The summed E-state index contributed by atoms with van der Waals surface area (Å²) in [7, 11) is 0.